The lowest BCUT2D eigenvalue weighted by molar-refractivity contribution is 0.112. The van der Waals surface area contributed by atoms with Gasteiger partial charge in [0.1, 0.15) is 0 Å². The average Bonchev–Trinajstić information content (AvgIpc) is 2.45. The minimum Gasteiger partial charge on any atom is -0.378 e. The zero-order valence-corrected chi connectivity index (χ0v) is 11.2. The van der Waals surface area contributed by atoms with Gasteiger partial charge in [0.15, 0.2) is 6.29 Å². The Kier molecular flexibility index (Phi) is 4.14. The minimum atomic E-state index is 0.712. The van der Waals surface area contributed by atoms with E-state index in [1.165, 1.54) is 5.69 Å². The molecule has 2 rings (SSSR count). The minimum absolute atomic E-state index is 0.712. The molecule has 2 nitrogen and oxygen atoms in total. The molecule has 0 heterocycles. The van der Waals surface area contributed by atoms with Crippen molar-refractivity contribution in [2.24, 2.45) is 0 Å². The van der Waals surface area contributed by atoms with E-state index in [2.05, 4.69) is 29.2 Å². The van der Waals surface area contributed by atoms with Gasteiger partial charge in [-0.3, -0.25) is 4.79 Å². The topological polar surface area (TPSA) is 20.3 Å². The molecular weight excluding hydrogens is 234 g/mol. The van der Waals surface area contributed by atoms with E-state index in [0.717, 1.165) is 17.4 Å². The first-order valence-corrected chi connectivity index (χ1v) is 6.20. The van der Waals surface area contributed by atoms with E-state index in [-0.39, 0.29) is 0 Å². The van der Waals surface area contributed by atoms with Crippen molar-refractivity contribution in [3.05, 3.63) is 65.2 Å². The van der Waals surface area contributed by atoms with Crippen molar-refractivity contribution in [3.8, 4) is 0 Å². The molecule has 2 aromatic rings. The number of carbonyl (C=O) groups excluding carboxylic acids is 1. The van der Waals surface area contributed by atoms with Crippen LogP contribution in [0.15, 0.2) is 48.5 Å². The zero-order valence-electron chi connectivity index (χ0n) is 11.2. The molecule has 0 unspecified atom stereocenters. The van der Waals surface area contributed by atoms with Gasteiger partial charge in [0.05, 0.1) is 0 Å². The second kappa shape index (κ2) is 6.01. The summed E-state index contributed by atoms with van der Waals surface area (Å²) in [6.07, 6.45) is 4.87. The van der Waals surface area contributed by atoms with Crippen LogP contribution in [0.4, 0.5) is 5.69 Å². The zero-order chi connectivity index (χ0) is 13.7. The van der Waals surface area contributed by atoms with Crippen molar-refractivity contribution in [2.45, 2.75) is 0 Å². The van der Waals surface area contributed by atoms with Gasteiger partial charge in [-0.25, -0.2) is 0 Å². The lowest BCUT2D eigenvalue weighted by Crippen LogP contribution is -2.07. The summed E-state index contributed by atoms with van der Waals surface area (Å²) in [4.78, 5) is 13.0. The van der Waals surface area contributed by atoms with Crippen LogP contribution in [-0.4, -0.2) is 20.4 Å². The Balaban J connectivity index is 2.20. The number of hydrogen-bond donors (Lipinski definition) is 0. The van der Waals surface area contributed by atoms with Crippen LogP contribution in [0.2, 0.25) is 0 Å². The van der Waals surface area contributed by atoms with E-state index in [9.17, 15) is 4.79 Å². The lowest BCUT2D eigenvalue weighted by Gasteiger charge is -2.11. The number of hydrogen-bond acceptors (Lipinski definition) is 2. The van der Waals surface area contributed by atoms with Crippen LogP contribution in [0.1, 0.15) is 21.5 Å². The van der Waals surface area contributed by atoms with E-state index in [0.29, 0.717) is 5.56 Å². The van der Waals surface area contributed by atoms with Crippen LogP contribution in [-0.2, 0) is 0 Å². The molecule has 0 aliphatic rings. The van der Waals surface area contributed by atoms with Gasteiger partial charge in [-0.05, 0) is 23.3 Å². The molecule has 0 atom stereocenters. The third-order valence-corrected chi connectivity index (χ3v) is 2.99. The average molecular weight is 251 g/mol. The third kappa shape index (κ3) is 3.32. The largest absolute Gasteiger partial charge is 0.378 e. The van der Waals surface area contributed by atoms with Gasteiger partial charge in [-0.2, -0.15) is 0 Å². The number of anilines is 1. The Labute approximate surface area is 114 Å². The summed E-state index contributed by atoms with van der Waals surface area (Å²) < 4.78 is 0. The lowest BCUT2D eigenvalue weighted by atomic mass is 10.1. The van der Waals surface area contributed by atoms with Crippen LogP contribution in [0.3, 0.4) is 0 Å². The van der Waals surface area contributed by atoms with Crippen molar-refractivity contribution < 1.29 is 4.79 Å². The maximum atomic E-state index is 10.9. The van der Waals surface area contributed by atoms with Crippen LogP contribution < -0.4 is 4.90 Å². The van der Waals surface area contributed by atoms with Crippen molar-refractivity contribution in [1.82, 2.24) is 0 Å². The summed E-state index contributed by atoms with van der Waals surface area (Å²) in [5.41, 5.74) is 3.94. The Morgan fingerprint density at radius 3 is 2.05 bits per heavy atom. The normalized spacial score (nSPS) is 10.6. The highest BCUT2D eigenvalue weighted by molar-refractivity contribution is 5.84. The van der Waals surface area contributed by atoms with Gasteiger partial charge < -0.3 is 4.90 Å². The SMILES string of the molecule is CN(C)c1ccc(C=Cc2ccccc2C=O)cc1. The van der Waals surface area contributed by atoms with Crippen molar-refractivity contribution in [3.63, 3.8) is 0 Å². The van der Waals surface area contributed by atoms with Gasteiger partial charge >= 0.3 is 0 Å². The third-order valence-electron chi connectivity index (χ3n) is 2.99. The van der Waals surface area contributed by atoms with Crippen molar-refractivity contribution in [1.29, 1.82) is 0 Å². The van der Waals surface area contributed by atoms with E-state index in [1.54, 1.807) is 0 Å². The Bertz CT molecular complexity index is 582. The summed E-state index contributed by atoms with van der Waals surface area (Å²) in [5, 5.41) is 0. The second-order valence-corrected chi connectivity index (χ2v) is 4.57. The number of aldehydes is 1. The maximum Gasteiger partial charge on any atom is 0.150 e. The van der Waals surface area contributed by atoms with Crippen LogP contribution >= 0.6 is 0 Å². The molecule has 2 aromatic carbocycles. The van der Waals surface area contributed by atoms with E-state index in [4.69, 9.17) is 0 Å². The predicted octanol–water partition coefficient (Wildman–Crippen LogP) is 3.74. The molecule has 96 valence electrons. The Morgan fingerprint density at radius 2 is 1.47 bits per heavy atom. The highest BCUT2D eigenvalue weighted by Gasteiger charge is 1.96. The molecular formula is C17H17NO. The first kappa shape index (κ1) is 13.1. The molecule has 2 heteroatoms. The van der Waals surface area contributed by atoms with Gasteiger partial charge in [0, 0.05) is 25.3 Å². The first-order chi connectivity index (χ1) is 9.20. The quantitative estimate of drug-likeness (QED) is 0.609. The molecule has 0 spiro atoms. The van der Waals surface area contributed by atoms with Gasteiger partial charge in [-0.15, -0.1) is 0 Å². The molecule has 0 N–H and O–H groups in total. The highest BCUT2D eigenvalue weighted by atomic mass is 16.1. The molecule has 0 saturated carbocycles. The van der Waals surface area contributed by atoms with Gasteiger partial charge in [0.2, 0.25) is 0 Å². The Hall–Kier alpha value is -2.35. The molecule has 0 aliphatic carbocycles. The second-order valence-electron chi connectivity index (χ2n) is 4.57. The molecule has 0 fully saturated rings. The summed E-state index contributed by atoms with van der Waals surface area (Å²) in [6, 6.07) is 15.8. The predicted molar refractivity (Wildman–Crippen MR) is 81.5 cm³/mol. The molecule has 0 radical (unpaired) electrons. The van der Waals surface area contributed by atoms with Crippen LogP contribution in [0.25, 0.3) is 12.2 Å². The fourth-order valence-corrected chi connectivity index (χ4v) is 1.84. The molecule has 19 heavy (non-hydrogen) atoms. The molecule has 0 bridgehead atoms. The van der Waals surface area contributed by atoms with E-state index < -0.39 is 0 Å². The standard InChI is InChI=1S/C17H17NO/c1-18(2)17-11-8-14(9-12-17)7-10-15-5-3-4-6-16(15)13-19/h3-13H,1-2H3. The summed E-state index contributed by atoms with van der Waals surface area (Å²) in [6.45, 7) is 0. The number of benzene rings is 2. The molecule has 0 saturated heterocycles. The smallest absolute Gasteiger partial charge is 0.150 e. The summed E-state index contributed by atoms with van der Waals surface area (Å²) in [5.74, 6) is 0. The van der Waals surface area contributed by atoms with Gasteiger partial charge in [-0.1, -0.05) is 48.6 Å². The van der Waals surface area contributed by atoms with E-state index >= 15 is 0 Å². The maximum absolute atomic E-state index is 10.9. The van der Waals surface area contributed by atoms with Crippen molar-refractivity contribution in [2.75, 3.05) is 19.0 Å². The summed E-state index contributed by atoms with van der Waals surface area (Å²) >= 11 is 0. The monoisotopic (exact) mass is 251 g/mol. The van der Waals surface area contributed by atoms with Crippen LogP contribution in [0.5, 0.6) is 0 Å². The first-order valence-electron chi connectivity index (χ1n) is 6.20. The molecule has 0 amide bonds. The van der Waals surface area contributed by atoms with Gasteiger partial charge in [0.25, 0.3) is 0 Å². The molecule has 0 aliphatic heterocycles. The number of nitrogens with zero attached hydrogens (tertiary/aromatic N) is 1. The number of carbonyl (C=O) groups is 1. The summed E-state index contributed by atoms with van der Waals surface area (Å²) in [7, 11) is 4.04. The fourth-order valence-electron chi connectivity index (χ4n) is 1.84. The van der Waals surface area contributed by atoms with Crippen molar-refractivity contribution >= 4 is 24.1 Å². The number of rotatable bonds is 4. The highest BCUT2D eigenvalue weighted by Crippen LogP contribution is 2.15. The fraction of sp³-hybridized carbons (Fsp3) is 0.118. The van der Waals surface area contributed by atoms with E-state index in [1.807, 2.05) is 50.5 Å². The Morgan fingerprint density at radius 1 is 0.842 bits per heavy atom. The van der Waals surface area contributed by atoms with Crippen LogP contribution in [0, 0.1) is 0 Å². The molecule has 0 aromatic heterocycles.